The van der Waals surface area contributed by atoms with Crippen LogP contribution in [-0.2, 0) is 38.0 Å². The summed E-state index contributed by atoms with van der Waals surface area (Å²) in [6, 6.07) is 0. The van der Waals surface area contributed by atoms with Crippen molar-refractivity contribution in [2.24, 2.45) is 5.73 Å². The van der Waals surface area contributed by atoms with E-state index >= 15 is 0 Å². The Labute approximate surface area is 203 Å². The van der Waals surface area contributed by atoms with E-state index in [2.05, 4.69) is 23.1 Å². The lowest BCUT2D eigenvalue weighted by molar-refractivity contribution is -0.128. The third-order valence-electron chi connectivity index (χ3n) is 3.95. The highest BCUT2D eigenvalue weighted by atomic mass is 16.6. The fourth-order valence-corrected chi connectivity index (χ4v) is 2.52. The molecule has 0 aliphatic heterocycles. The Morgan fingerprint density at radius 1 is 0.647 bits per heavy atom. The van der Waals surface area contributed by atoms with Gasteiger partial charge in [0.15, 0.2) is 0 Å². The Hall–Kier alpha value is -2.17. The lowest BCUT2D eigenvalue weighted by Crippen LogP contribution is -2.58. The molecule has 0 aliphatic rings. The lowest BCUT2D eigenvalue weighted by atomic mass is 10.0. The van der Waals surface area contributed by atoms with Gasteiger partial charge in [0.05, 0.1) is 72.7 Å². The fraction of sp³-hybridized carbons (Fsp3) is 0.708. The molecule has 0 unspecified atom stereocenters. The summed E-state index contributed by atoms with van der Waals surface area (Å²) in [5.41, 5.74) is 4.32. The van der Waals surface area contributed by atoms with Crippen LogP contribution in [0.25, 0.3) is 0 Å². The number of hydrogen-bond donors (Lipinski definition) is 2. The van der Waals surface area contributed by atoms with Crippen molar-refractivity contribution in [3.63, 3.8) is 0 Å². The van der Waals surface area contributed by atoms with Crippen molar-refractivity contribution >= 4 is 5.91 Å². The summed E-state index contributed by atoms with van der Waals surface area (Å²) in [6.45, 7) is 4.25. The minimum absolute atomic E-state index is 0.0635. The van der Waals surface area contributed by atoms with Crippen molar-refractivity contribution in [3.05, 3.63) is 0 Å². The van der Waals surface area contributed by atoms with Crippen LogP contribution in [0, 0.1) is 37.0 Å². The highest BCUT2D eigenvalue weighted by Gasteiger charge is 2.33. The number of ether oxygens (including phenoxy) is 7. The highest BCUT2D eigenvalue weighted by molar-refractivity contribution is 5.77. The fourth-order valence-electron chi connectivity index (χ4n) is 2.52. The van der Waals surface area contributed by atoms with Crippen LogP contribution in [0.5, 0.6) is 0 Å². The minimum Gasteiger partial charge on any atom is -0.379 e. The van der Waals surface area contributed by atoms with Gasteiger partial charge in [-0.05, 0) is 0 Å². The van der Waals surface area contributed by atoms with Crippen LogP contribution >= 0.6 is 0 Å². The SMILES string of the molecule is C#CCOCC(COCC#C)(COCC#C)NC(=O)CCOCCOCCOCCOCCN. The van der Waals surface area contributed by atoms with Crippen LogP contribution in [0.3, 0.4) is 0 Å². The topological polar surface area (TPSA) is 120 Å². The Balaban J connectivity index is 4.23. The van der Waals surface area contributed by atoms with Crippen LogP contribution < -0.4 is 11.1 Å². The van der Waals surface area contributed by atoms with Gasteiger partial charge in [-0.2, -0.15) is 0 Å². The number of nitrogens with two attached hydrogens (primary N) is 1. The third kappa shape index (κ3) is 19.3. The molecular weight excluding hydrogens is 444 g/mol. The number of hydrogen-bond acceptors (Lipinski definition) is 9. The van der Waals surface area contributed by atoms with E-state index in [1.807, 2.05) is 0 Å². The van der Waals surface area contributed by atoms with E-state index < -0.39 is 5.54 Å². The molecule has 0 fully saturated rings. The van der Waals surface area contributed by atoms with Gasteiger partial charge in [-0.3, -0.25) is 4.79 Å². The van der Waals surface area contributed by atoms with Gasteiger partial charge in [-0.1, -0.05) is 17.8 Å². The predicted molar refractivity (Wildman–Crippen MR) is 127 cm³/mol. The smallest absolute Gasteiger partial charge is 0.222 e. The largest absolute Gasteiger partial charge is 0.379 e. The molecule has 0 rings (SSSR count). The Bertz CT molecular complexity index is 574. The zero-order chi connectivity index (χ0) is 25.2. The van der Waals surface area contributed by atoms with Gasteiger partial charge in [0.25, 0.3) is 0 Å². The molecular formula is C24H38N2O8. The molecule has 10 heteroatoms. The maximum Gasteiger partial charge on any atom is 0.222 e. The number of amides is 1. The Kier molecular flexibility index (Phi) is 22.4. The summed E-state index contributed by atoms with van der Waals surface area (Å²) in [6.07, 6.45) is 15.8. The molecule has 10 nitrogen and oxygen atoms in total. The van der Waals surface area contributed by atoms with Crippen molar-refractivity contribution in [1.29, 1.82) is 0 Å². The van der Waals surface area contributed by atoms with E-state index in [-0.39, 0.29) is 58.6 Å². The summed E-state index contributed by atoms with van der Waals surface area (Å²) in [4.78, 5) is 12.5. The minimum atomic E-state index is -1.000. The number of rotatable bonds is 24. The van der Waals surface area contributed by atoms with Gasteiger partial charge < -0.3 is 44.2 Å². The first-order valence-electron chi connectivity index (χ1n) is 11.0. The molecule has 0 bridgehead atoms. The van der Waals surface area contributed by atoms with Gasteiger partial charge in [-0.25, -0.2) is 0 Å². The van der Waals surface area contributed by atoms with Crippen LogP contribution in [-0.4, -0.2) is 110 Å². The molecule has 0 heterocycles. The van der Waals surface area contributed by atoms with E-state index in [0.717, 1.165) is 0 Å². The second-order valence-electron chi connectivity index (χ2n) is 6.91. The van der Waals surface area contributed by atoms with Crippen LogP contribution in [0.4, 0.5) is 0 Å². The average molecular weight is 483 g/mol. The molecule has 34 heavy (non-hydrogen) atoms. The highest BCUT2D eigenvalue weighted by Crippen LogP contribution is 2.10. The third-order valence-corrected chi connectivity index (χ3v) is 3.95. The van der Waals surface area contributed by atoms with Crippen LogP contribution in [0.2, 0.25) is 0 Å². The predicted octanol–water partition coefficient (Wildman–Crippen LogP) is -0.794. The molecule has 3 N–H and O–H groups in total. The number of carbonyl (C=O) groups excluding carboxylic acids is 1. The molecule has 0 aromatic carbocycles. The molecule has 0 spiro atoms. The van der Waals surface area contributed by atoms with Crippen molar-refractivity contribution < 1.29 is 38.0 Å². The molecule has 192 valence electrons. The summed E-state index contributed by atoms with van der Waals surface area (Å²) < 4.78 is 37.7. The van der Waals surface area contributed by atoms with E-state index in [9.17, 15) is 4.79 Å². The number of terminal acetylenes is 3. The van der Waals surface area contributed by atoms with Crippen LogP contribution in [0.1, 0.15) is 6.42 Å². The monoisotopic (exact) mass is 482 g/mol. The van der Waals surface area contributed by atoms with Crippen molar-refractivity contribution in [3.8, 4) is 37.0 Å². The van der Waals surface area contributed by atoms with Gasteiger partial charge in [0.1, 0.15) is 25.4 Å². The first-order chi connectivity index (χ1) is 16.6. The molecule has 0 saturated carbocycles. The van der Waals surface area contributed by atoms with Crippen molar-refractivity contribution in [2.45, 2.75) is 12.0 Å². The Morgan fingerprint density at radius 3 is 1.41 bits per heavy atom. The molecule has 0 saturated heterocycles. The van der Waals surface area contributed by atoms with E-state index in [1.165, 1.54) is 0 Å². The van der Waals surface area contributed by atoms with E-state index in [1.54, 1.807) is 0 Å². The van der Waals surface area contributed by atoms with E-state index in [0.29, 0.717) is 52.8 Å². The summed E-state index contributed by atoms with van der Waals surface area (Å²) >= 11 is 0. The van der Waals surface area contributed by atoms with Crippen molar-refractivity contribution in [1.82, 2.24) is 5.32 Å². The maximum atomic E-state index is 12.5. The quantitative estimate of drug-likeness (QED) is 0.135. The van der Waals surface area contributed by atoms with E-state index in [4.69, 9.17) is 58.2 Å². The molecule has 0 aromatic heterocycles. The molecule has 1 amide bonds. The molecule has 0 aliphatic carbocycles. The van der Waals surface area contributed by atoms with Gasteiger partial charge in [-0.15, -0.1) is 19.3 Å². The summed E-state index contributed by atoms with van der Waals surface area (Å²) in [5.74, 6) is 6.86. The second-order valence-corrected chi connectivity index (χ2v) is 6.91. The van der Waals surface area contributed by atoms with Gasteiger partial charge in [0.2, 0.25) is 5.91 Å². The van der Waals surface area contributed by atoms with Crippen LogP contribution in [0.15, 0.2) is 0 Å². The zero-order valence-electron chi connectivity index (χ0n) is 19.9. The number of carbonyl (C=O) groups is 1. The number of nitrogens with one attached hydrogen (secondary N) is 1. The Morgan fingerprint density at radius 2 is 1.03 bits per heavy atom. The summed E-state index contributed by atoms with van der Waals surface area (Å²) in [5, 5.41) is 2.89. The van der Waals surface area contributed by atoms with Gasteiger partial charge >= 0.3 is 0 Å². The average Bonchev–Trinajstić information content (AvgIpc) is 2.82. The first kappa shape index (κ1) is 31.8. The van der Waals surface area contributed by atoms with Crippen molar-refractivity contribution in [2.75, 3.05) is 99.0 Å². The summed E-state index contributed by atoms with van der Waals surface area (Å²) in [7, 11) is 0. The normalized spacial score (nSPS) is 10.9. The second kappa shape index (κ2) is 24.0. The molecule has 0 aromatic rings. The lowest BCUT2D eigenvalue weighted by Gasteiger charge is -2.33. The van der Waals surface area contributed by atoms with Gasteiger partial charge in [0, 0.05) is 13.0 Å². The zero-order valence-corrected chi connectivity index (χ0v) is 19.9. The maximum absolute atomic E-state index is 12.5. The standard InChI is InChI=1S/C24H38N2O8/c1-4-9-32-20-24(21-33-10-5-2,22-34-11-6-3)26-23(27)7-12-28-14-16-30-18-19-31-17-15-29-13-8-25/h1-3H,7-22,25H2,(H,26,27). The molecule has 0 atom stereocenters. The molecule has 0 radical (unpaired) electrons. The first-order valence-corrected chi connectivity index (χ1v) is 11.0.